The third kappa shape index (κ3) is 2.96. The van der Waals surface area contributed by atoms with Crippen LogP contribution in [0.25, 0.3) is 11.0 Å². The van der Waals surface area contributed by atoms with E-state index >= 15 is 0 Å². The second-order valence-corrected chi connectivity index (χ2v) is 8.29. The van der Waals surface area contributed by atoms with Crippen molar-refractivity contribution in [1.82, 2.24) is 4.98 Å². The monoisotopic (exact) mass is 410 g/mol. The molecule has 1 amide bonds. The molecule has 31 heavy (non-hydrogen) atoms. The van der Waals surface area contributed by atoms with Gasteiger partial charge in [-0.2, -0.15) is 0 Å². The third-order valence-corrected chi connectivity index (χ3v) is 6.03. The first kappa shape index (κ1) is 19.2. The Morgan fingerprint density at radius 2 is 1.58 bits per heavy atom. The van der Waals surface area contributed by atoms with Crippen LogP contribution in [0.5, 0.6) is 0 Å². The van der Waals surface area contributed by atoms with E-state index in [4.69, 9.17) is 4.42 Å². The van der Waals surface area contributed by atoms with Crippen LogP contribution in [0, 0.1) is 27.7 Å². The molecule has 0 bridgehead atoms. The van der Waals surface area contributed by atoms with Gasteiger partial charge in [0.05, 0.1) is 17.0 Å². The molecule has 0 spiro atoms. The normalized spacial score (nSPS) is 15.5. The summed E-state index contributed by atoms with van der Waals surface area (Å²) in [6.07, 6.45) is 1.67. The molecular weight excluding hydrogens is 388 g/mol. The van der Waals surface area contributed by atoms with Crippen molar-refractivity contribution in [1.29, 1.82) is 0 Å². The molecule has 2 aromatic heterocycles. The molecule has 5 heteroatoms. The van der Waals surface area contributed by atoms with Gasteiger partial charge in [-0.15, -0.1) is 0 Å². The summed E-state index contributed by atoms with van der Waals surface area (Å²) < 4.78 is 6.07. The number of carbonyl (C=O) groups is 1. The standard InChI is InChI=1S/C26H22N2O3/c1-14-5-7-18(8-6-14)23-22-24(29)19-12-16(3)17(4)13-20(19)31-25(22)26(30)28(23)21-11-15(2)9-10-27-21/h5-13,23H,1-4H3/t23-/m0/s1. The molecule has 0 aliphatic carbocycles. The second kappa shape index (κ2) is 6.91. The first-order chi connectivity index (χ1) is 14.8. The zero-order valence-electron chi connectivity index (χ0n) is 17.9. The van der Waals surface area contributed by atoms with Crippen LogP contribution < -0.4 is 10.3 Å². The highest BCUT2D eigenvalue weighted by molar-refractivity contribution is 6.10. The Hall–Kier alpha value is -3.73. The lowest BCUT2D eigenvalue weighted by Crippen LogP contribution is -2.30. The molecule has 0 radical (unpaired) electrons. The van der Waals surface area contributed by atoms with E-state index in [1.807, 2.05) is 76.2 Å². The molecule has 5 rings (SSSR count). The molecule has 2 aromatic carbocycles. The van der Waals surface area contributed by atoms with Crippen molar-refractivity contribution < 1.29 is 9.21 Å². The van der Waals surface area contributed by atoms with Gasteiger partial charge in [-0.1, -0.05) is 29.8 Å². The summed E-state index contributed by atoms with van der Waals surface area (Å²) in [4.78, 5) is 33.2. The smallest absolute Gasteiger partial charge is 0.296 e. The maximum Gasteiger partial charge on any atom is 0.296 e. The third-order valence-electron chi connectivity index (χ3n) is 6.03. The van der Waals surface area contributed by atoms with Gasteiger partial charge in [0.25, 0.3) is 5.91 Å². The molecule has 154 valence electrons. The highest BCUT2D eigenvalue weighted by Crippen LogP contribution is 2.40. The number of pyridine rings is 1. The van der Waals surface area contributed by atoms with Gasteiger partial charge in [-0.05, 0) is 74.2 Å². The molecule has 0 fully saturated rings. The number of benzene rings is 2. The van der Waals surface area contributed by atoms with Gasteiger partial charge in [-0.25, -0.2) is 4.98 Å². The molecule has 0 saturated heterocycles. The van der Waals surface area contributed by atoms with Gasteiger partial charge in [0.15, 0.2) is 5.43 Å². The largest absolute Gasteiger partial charge is 0.450 e. The van der Waals surface area contributed by atoms with Crippen molar-refractivity contribution in [2.75, 3.05) is 4.90 Å². The lowest BCUT2D eigenvalue weighted by Gasteiger charge is -2.24. The summed E-state index contributed by atoms with van der Waals surface area (Å²) in [7, 11) is 0. The minimum Gasteiger partial charge on any atom is -0.450 e. The van der Waals surface area contributed by atoms with Gasteiger partial charge >= 0.3 is 0 Å². The van der Waals surface area contributed by atoms with Crippen LogP contribution in [-0.4, -0.2) is 10.9 Å². The molecule has 0 N–H and O–H groups in total. The van der Waals surface area contributed by atoms with Gasteiger partial charge in [0.1, 0.15) is 11.4 Å². The predicted molar refractivity (Wildman–Crippen MR) is 121 cm³/mol. The topological polar surface area (TPSA) is 63.4 Å². The Labute approximate surface area is 180 Å². The molecule has 1 atom stereocenters. The second-order valence-electron chi connectivity index (χ2n) is 8.29. The molecule has 5 nitrogen and oxygen atoms in total. The minimum atomic E-state index is -0.598. The van der Waals surface area contributed by atoms with Gasteiger partial charge in [0, 0.05) is 6.20 Å². The number of fused-ring (bicyclic) bond motifs is 2. The van der Waals surface area contributed by atoms with E-state index in [2.05, 4.69) is 4.98 Å². The average Bonchev–Trinajstić information content (AvgIpc) is 3.03. The molecular formula is C26H22N2O3. The van der Waals surface area contributed by atoms with E-state index in [0.717, 1.165) is 27.8 Å². The lowest BCUT2D eigenvalue weighted by molar-refractivity contribution is 0.0970. The molecule has 0 unspecified atom stereocenters. The van der Waals surface area contributed by atoms with Gasteiger partial charge in [0.2, 0.25) is 5.76 Å². The Balaban J connectivity index is 1.83. The number of hydrogen-bond acceptors (Lipinski definition) is 4. The van der Waals surface area contributed by atoms with Crippen molar-refractivity contribution in [3.63, 3.8) is 0 Å². The molecule has 3 heterocycles. The van der Waals surface area contributed by atoms with E-state index in [1.165, 1.54) is 0 Å². The summed E-state index contributed by atoms with van der Waals surface area (Å²) in [5.41, 5.74) is 5.57. The van der Waals surface area contributed by atoms with Gasteiger partial charge in [-0.3, -0.25) is 14.5 Å². The Morgan fingerprint density at radius 3 is 2.29 bits per heavy atom. The zero-order chi connectivity index (χ0) is 21.9. The maximum atomic E-state index is 13.7. The van der Waals surface area contributed by atoms with E-state index in [9.17, 15) is 9.59 Å². The lowest BCUT2D eigenvalue weighted by atomic mass is 9.97. The number of amides is 1. The summed E-state index contributed by atoms with van der Waals surface area (Å²) in [5, 5.41) is 0.491. The van der Waals surface area contributed by atoms with Crippen LogP contribution in [-0.2, 0) is 0 Å². The van der Waals surface area contributed by atoms with Crippen LogP contribution in [0.2, 0.25) is 0 Å². The highest BCUT2D eigenvalue weighted by Gasteiger charge is 2.44. The summed E-state index contributed by atoms with van der Waals surface area (Å²) >= 11 is 0. The van der Waals surface area contributed by atoms with Crippen LogP contribution in [0.4, 0.5) is 5.82 Å². The van der Waals surface area contributed by atoms with Crippen molar-refractivity contribution in [3.05, 3.63) is 104 Å². The van der Waals surface area contributed by atoms with Crippen molar-refractivity contribution in [2.45, 2.75) is 33.7 Å². The number of hydrogen-bond donors (Lipinski definition) is 0. The van der Waals surface area contributed by atoms with Crippen molar-refractivity contribution >= 4 is 22.7 Å². The van der Waals surface area contributed by atoms with E-state index in [1.54, 1.807) is 11.1 Å². The number of nitrogens with zero attached hydrogens (tertiary/aromatic N) is 2. The SMILES string of the molecule is Cc1ccc([C@H]2c3c(oc4cc(C)c(C)cc4c3=O)C(=O)N2c2cc(C)ccn2)cc1. The quantitative estimate of drug-likeness (QED) is 0.457. The summed E-state index contributed by atoms with van der Waals surface area (Å²) in [6.45, 7) is 7.88. The van der Waals surface area contributed by atoms with Crippen LogP contribution in [0.3, 0.4) is 0 Å². The molecule has 0 saturated carbocycles. The van der Waals surface area contributed by atoms with E-state index in [0.29, 0.717) is 22.4 Å². The number of aryl methyl sites for hydroxylation is 4. The fraction of sp³-hybridized carbons (Fsp3) is 0.192. The number of rotatable bonds is 2. The highest BCUT2D eigenvalue weighted by atomic mass is 16.3. The number of anilines is 1. The van der Waals surface area contributed by atoms with Crippen LogP contribution in [0.15, 0.2) is 63.9 Å². The number of aromatic nitrogens is 1. The Kier molecular flexibility index (Phi) is 4.29. The van der Waals surface area contributed by atoms with E-state index in [-0.39, 0.29) is 17.1 Å². The fourth-order valence-electron chi connectivity index (χ4n) is 4.18. The van der Waals surface area contributed by atoms with Crippen LogP contribution in [0.1, 0.15) is 50.0 Å². The summed E-state index contributed by atoms with van der Waals surface area (Å²) in [6, 6.07) is 14.7. The minimum absolute atomic E-state index is 0.0923. The molecule has 4 aromatic rings. The predicted octanol–water partition coefficient (Wildman–Crippen LogP) is 5.17. The Morgan fingerprint density at radius 1 is 0.871 bits per heavy atom. The first-order valence-corrected chi connectivity index (χ1v) is 10.3. The maximum absolute atomic E-state index is 13.7. The molecule has 1 aliphatic rings. The van der Waals surface area contributed by atoms with Crippen molar-refractivity contribution in [2.24, 2.45) is 0 Å². The Bertz CT molecular complexity index is 1420. The first-order valence-electron chi connectivity index (χ1n) is 10.3. The van der Waals surface area contributed by atoms with E-state index < -0.39 is 6.04 Å². The molecule has 1 aliphatic heterocycles. The zero-order valence-corrected chi connectivity index (χ0v) is 17.9. The van der Waals surface area contributed by atoms with Gasteiger partial charge < -0.3 is 4.42 Å². The van der Waals surface area contributed by atoms with Crippen molar-refractivity contribution in [3.8, 4) is 0 Å². The van der Waals surface area contributed by atoms with Crippen LogP contribution >= 0.6 is 0 Å². The number of carbonyl (C=O) groups excluding carboxylic acids is 1. The summed E-state index contributed by atoms with van der Waals surface area (Å²) in [5.74, 6) is 0.239. The fourth-order valence-corrected chi connectivity index (χ4v) is 4.18. The average molecular weight is 410 g/mol.